The Morgan fingerprint density at radius 3 is 2.76 bits per heavy atom. The molecule has 0 aromatic carbocycles. The van der Waals surface area contributed by atoms with Crippen molar-refractivity contribution in [3.05, 3.63) is 65.7 Å². The van der Waals surface area contributed by atoms with E-state index in [0.717, 1.165) is 12.0 Å². The zero-order valence-electron chi connectivity index (χ0n) is 17.3. The van der Waals surface area contributed by atoms with Crippen molar-refractivity contribution in [1.82, 2.24) is 10.6 Å². The van der Waals surface area contributed by atoms with E-state index in [-0.39, 0.29) is 12.1 Å². The average Bonchev–Trinajstić information content (AvgIpc) is 2.91. The van der Waals surface area contributed by atoms with Crippen molar-refractivity contribution in [3.63, 3.8) is 0 Å². The molecule has 2 N–H and O–H groups in total. The first-order valence-electron chi connectivity index (χ1n) is 9.93. The molecule has 0 aromatic rings. The Morgan fingerprint density at radius 2 is 2.03 bits per heavy atom. The van der Waals surface area contributed by atoms with Crippen LogP contribution in [-0.2, 0) is 9.47 Å². The minimum absolute atomic E-state index is 0.295. The van der Waals surface area contributed by atoms with E-state index in [2.05, 4.69) is 29.3 Å². The molecule has 0 bridgehead atoms. The highest BCUT2D eigenvalue weighted by Gasteiger charge is 2.38. The summed E-state index contributed by atoms with van der Waals surface area (Å²) in [5, 5.41) is 8.84. The molecule has 4 atom stereocenters. The third-order valence-corrected chi connectivity index (χ3v) is 4.60. The van der Waals surface area contributed by atoms with Crippen molar-refractivity contribution >= 4 is 6.03 Å². The molecule has 1 fully saturated rings. The normalized spacial score (nSPS) is 28.9. The van der Waals surface area contributed by atoms with E-state index in [0.29, 0.717) is 13.0 Å². The minimum Gasteiger partial charge on any atom is -0.348 e. The number of nitroso groups, excluding NO2 is 1. The van der Waals surface area contributed by atoms with E-state index in [9.17, 15) is 9.70 Å². The highest BCUT2D eigenvalue weighted by atomic mass is 16.7. The summed E-state index contributed by atoms with van der Waals surface area (Å²) in [4.78, 5) is 23.4. The summed E-state index contributed by atoms with van der Waals surface area (Å²) >= 11 is 0. The average molecular weight is 402 g/mol. The van der Waals surface area contributed by atoms with Gasteiger partial charge in [0.1, 0.15) is 12.1 Å². The molecule has 7 nitrogen and oxygen atoms in total. The third kappa shape index (κ3) is 7.44. The fourth-order valence-electron chi connectivity index (χ4n) is 3.11. The van der Waals surface area contributed by atoms with Crippen molar-refractivity contribution in [1.29, 1.82) is 0 Å². The maximum absolute atomic E-state index is 12.6. The van der Waals surface area contributed by atoms with Gasteiger partial charge in [-0.05, 0) is 25.8 Å². The van der Waals surface area contributed by atoms with E-state index >= 15 is 0 Å². The fourth-order valence-corrected chi connectivity index (χ4v) is 3.11. The molecule has 29 heavy (non-hydrogen) atoms. The molecule has 0 spiro atoms. The lowest BCUT2D eigenvalue weighted by molar-refractivity contribution is -0.272. The molecule has 158 valence electrons. The molecule has 0 saturated carbocycles. The van der Waals surface area contributed by atoms with Gasteiger partial charge in [-0.15, -0.1) is 0 Å². The molecule has 1 saturated heterocycles. The molecular formula is C22H31N3O4. The summed E-state index contributed by atoms with van der Waals surface area (Å²) in [6.45, 7) is 10.1. The van der Waals surface area contributed by atoms with E-state index in [1.54, 1.807) is 18.2 Å². The molecule has 1 aliphatic carbocycles. The first kappa shape index (κ1) is 22.8. The Labute approximate surface area is 172 Å². The van der Waals surface area contributed by atoms with Gasteiger partial charge in [0.05, 0.1) is 18.7 Å². The van der Waals surface area contributed by atoms with Crippen LogP contribution in [0.3, 0.4) is 0 Å². The van der Waals surface area contributed by atoms with E-state index < -0.39 is 24.0 Å². The number of carbonyl (C=O) groups excluding carboxylic acids is 1. The summed E-state index contributed by atoms with van der Waals surface area (Å²) < 4.78 is 11.8. The molecule has 2 rings (SSSR count). The van der Waals surface area contributed by atoms with Crippen LogP contribution in [0.5, 0.6) is 0 Å². The number of nitrogens with zero attached hydrogens (tertiary/aromatic N) is 1. The van der Waals surface area contributed by atoms with Crippen molar-refractivity contribution in [2.45, 2.75) is 63.6 Å². The number of hydrogen-bond donors (Lipinski definition) is 2. The van der Waals surface area contributed by atoms with Gasteiger partial charge in [-0.1, -0.05) is 67.3 Å². The van der Waals surface area contributed by atoms with Gasteiger partial charge < -0.3 is 20.1 Å². The maximum atomic E-state index is 12.6. The summed E-state index contributed by atoms with van der Waals surface area (Å²) in [5.41, 5.74) is 0.746. The summed E-state index contributed by atoms with van der Waals surface area (Å²) in [6, 6.07) is -1.53. The van der Waals surface area contributed by atoms with Crippen LogP contribution in [0, 0.1) is 4.91 Å². The van der Waals surface area contributed by atoms with Gasteiger partial charge in [0.25, 0.3) is 0 Å². The van der Waals surface area contributed by atoms with Crippen molar-refractivity contribution in [2.24, 2.45) is 5.18 Å². The van der Waals surface area contributed by atoms with Crippen LogP contribution in [0.25, 0.3) is 0 Å². The number of hydrogen-bond acceptors (Lipinski definition) is 5. The van der Waals surface area contributed by atoms with Crippen LogP contribution in [0.2, 0.25) is 0 Å². The lowest BCUT2D eigenvalue weighted by Crippen LogP contribution is -2.58. The minimum atomic E-state index is -0.770. The first-order valence-corrected chi connectivity index (χ1v) is 9.93. The van der Waals surface area contributed by atoms with Crippen molar-refractivity contribution in [3.8, 4) is 0 Å². The molecule has 2 amide bonds. The molecule has 0 aromatic heterocycles. The molecule has 1 heterocycles. The third-order valence-electron chi connectivity index (χ3n) is 4.60. The quantitative estimate of drug-likeness (QED) is 0.500. The standard InChI is InChI=1S/C22H31N3O4/c1-5-6-7-8-11-16(2)20-19(15-28-22(3,4)29-20)24-21(26)23-17-12-9-10-13-18(14-17)25-27/h6-13,17-20H,2,5,14-15H2,1,3-4H3,(H2,23,24,26)/b7-6-,11-8-. The molecule has 7 heteroatoms. The topological polar surface area (TPSA) is 89.0 Å². The second kappa shape index (κ2) is 10.9. The van der Waals surface area contributed by atoms with Crippen LogP contribution < -0.4 is 10.6 Å². The molecule has 0 radical (unpaired) electrons. The summed E-state index contributed by atoms with van der Waals surface area (Å²) in [5.74, 6) is -0.770. The molecular weight excluding hydrogens is 370 g/mol. The Hall–Kier alpha value is -2.51. The van der Waals surface area contributed by atoms with Gasteiger partial charge in [-0.25, -0.2) is 4.79 Å². The second-order valence-corrected chi connectivity index (χ2v) is 7.53. The number of nitrogens with one attached hydrogen (secondary N) is 2. The fraction of sp³-hybridized carbons (Fsp3) is 0.500. The smallest absolute Gasteiger partial charge is 0.315 e. The lowest BCUT2D eigenvalue weighted by atomic mass is 10.0. The Kier molecular flexibility index (Phi) is 8.54. The van der Waals surface area contributed by atoms with Crippen LogP contribution >= 0.6 is 0 Å². The van der Waals surface area contributed by atoms with Gasteiger partial charge in [-0.2, -0.15) is 4.91 Å². The van der Waals surface area contributed by atoms with Gasteiger partial charge in [0.15, 0.2) is 5.79 Å². The molecule has 1 aliphatic heterocycles. The SMILES string of the molecule is C=C(/C=C\C=C/CC)C1OC(C)(C)OCC1NC(=O)NC1C=CC=CC(N=O)C1. The largest absolute Gasteiger partial charge is 0.348 e. The summed E-state index contributed by atoms with van der Waals surface area (Å²) in [6.07, 6.45) is 15.8. The number of ether oxygens (including phenoxy) is 2. The number of allylic oxidation sites excluding steroid dienone is 5. The lowest BCUT2D eigenvalue weighted by Gasteiger charge is -2.41. The molecule has 2 aliphatic rings. The predicted molar refractivity (Wildman–Crippen MR) is 114 cm³/mol. The van der Waals surface area contributed by atoms with E-state index in [4.69, 9.17) is 9.47 Å². The molecule has 4 unspecified atom stereocenters. The van der Waals surface area contributed by atoms with Crippen LogP contribution in [0.1, 0.15) is 33.6 Å². The van der Waals surface area contributed by atoms with E-state index in [1.807, 2.05) is 44.2 Å². The monoisotopic (exact) mass is 401 g/mol. The van der Waals surface area contributed by atoms with E-state index in [1.165, 1.54) is 0 Å². The van der Waals surface area contributed by atoms with Crippen molar-refractivity contribution in [2.75, 3.05) is 6.61 Å². The summed E-state index contributed by atoms with van der Waals surface area (Å²) in [7, 11) is 0. The zero-order chi connectivity index (χ0) is 21.3. The Balaban J connectivity index is 2.00. The highest BCUT2D eigenvalue weighted by Crippen LogP contribution is 2.26. The van der Waals surface area contributed by atoms with Crippen LogP contribution in [0.15, 0.2) is 65.9 Å². The number of rotatable bonds is 7. The number of carbonyl (C=O) groups is 1. The Morgan fingerprint density at radius 1 is 1.28 bits per heavy atom. The van der Waals surface area contributed by atoms with Crippen molar-refractivity contribution < 1.29 is 14.3 Å². The van der Waals surface area contributed by atoms with Gasteiger partial charge in [0.2, 0.25) is 0 Å². The van der Waals surface area contributed by atoms with Crippen LogP contribution in [0.4, 0.5) is 4.79 Å². The number of urea groups is 1. The maximum Gasteiger partial charge on any atom is 0.315 e. The van der Waals surface area contributed by atoms with Gasteiger partial charge in [-0.3, -0.25) is 0 Å². The highest BCUT2D eigenvalue weighted by molar-refractivity contribution is 5.75. The van der Waals surface area contributed by atoms with Gasteiger partial charge in [0, 0.05) is 6.42 Å². The van der Waals surface area contributed by atoms with Gasteiger partial charge >= 0.3 is 6.03 Å². The second-order valence-electron chi connectivity index (χ2n) is 7.53. The van der Waals surface area contributed by atoms with Crippen LogP contribution in [-0.4, -0.2) is 42.7 Å². The zero-order valence-corrected chi connectivity index (χ0v) is 17.3. The predicted octanol–water partition coefficient (Wildman–Crippen LogP) is 3.90. The number of amides is 2. The first-order chi connectivity index (χ1) is 13.8. The Bertz CT molecular complexity index is 709.